The minimum Gasteiger partial charge on any atom is -0.494 e. The first kappa shape index (κ1) is 13.0. The van der Waals surface area contributed by atoms with Crippen LogP contribution in [0.4, 0.5) is 0 Å². The van der Waals surface area contributed by atoms with Crippen LogP contribution < -0.4 is 10.1 Å². The van der Waals surface area contributed by atoms with E-state index in [0.717, 1.165) is 18.3 Å². The number of piperidine rings is 1. The van der Waals surface area contributed by atoms with Gasteiger partial charge in [0.1, 0.15) is 5.75 Å². The third-order valence-corrected chi connectivity index (χ3v) is 4.51. The minimum atomic E-state index is 0.811. The molecule has 0 spiro atoms. The zero-order valence-corrected chi connectivity index (χ0v) is 11.8. The zero-order valence-electron chi connectivity index (χ0n) is 11.8. The lowest BCUT2D eigenvalue weighted by atomic mass is 9.92. The second-order valence-electron chi connectivity index (χ2n) is 5.99. The second-order valence-corrected chi connectivity index (χ2v) is 5.99. The van der Waals surface area contributed by atoms with Crippen LogP contribution in [0, 0.1) is 5.92 Å². The Labute approximate surface area is 116 Å². The molecule has 2 aliphatic rings. The molecular weight excluding hydrogens is 234 g/mol. The van der Waals surface area contributed by atoms with Gasteiger partial charge >= 0.3 is 0 Å². The lowest BCUT2D eigenvalue weighted by Crippen LogP contribution is -2.30. The van der Waals surface area contributed by atoms with Gasteiger partial charge in [-0.05, 0) is 87.2 Å². The van der Waals surface area contributed by atoms with Crippen LogP contribution in [0.25, 0.3) is 0 Å². The van der Waals surface area contributed by atoms with Gasteiger partial charge in [-0.2, -0.15) is 0 Å². The monoisotopic (exact) mass is 259 g/mol. The van der Waals surface area contributed by atoms with Gasteiger partial charge in [-0.3, -0.25) is 0 Å². The summed E-state index contributed by atoms with van der Waals surface area (Å²) in [5.41, 5.74) is 3.05. The highest BCUT2D eigenvalue weighted by molar-refractivity contribution is 5.37. The van der Waals surface area contributed by atoms with Crippen LogP contribution in [-0.2, 0) is 12.8 Å². The number of nitrogens with one attached hydrogen (secondary N) is 1. The summed E-state index contributed by atoms with van der Waals surface area (Å²) >= 11 is 0. The van der Waals surface area contributed by atoms with Gasteiger partial charge in [-0.25, -0.2) is 0 Å². The average Bonchev–Trinajstić information content (AvgIpc) is 2.48. The number of fused-ring (bicyclic) bond motifs is 1. The topological polar surface area (TPSA) is 21.3 Å². The van der Waals surface area contributed by atoms with Gasteiger partial charge in [-0.1, -0.05) is 6.07 Å². The molecule has 1 fully saturated rings. The molecular formula is C17H25NO. The number of hydrogen-bond acceptors (Lipinski definition) is 2. The molecule has 1 atom stereocenters. The molecule has 0 amide bonds. The fourth-order valence-electron chi connectivity index (χ4n) is 3.31. The first-order chi connectivity index (χ1) is 9.42. The van der Waals surface area contributed by atoms with E-state index in [1.54, 1.807) is 0 Å². The Balaban J connectivity index is 1.49. The molecule has 2 heteroatoms. The molecule has 0 aromatic heterocycles. The number of rotatable bonds is 4. The summed E-state index contributed by atoms with van der Waals surface area (Å²) in [6, 6.07) is 6.70. The van der Waals surface area contributed by atoms with Crippen LogP contribution in [-0.4, -0.2) is 19.7 Å². The number of aryl methyl sites for hydroxylation is 2. The standard InChI is InChI=1S/C17H25NO/c1-2-6-16-12-17(8-7-15(16)5-1)19-11-9-14-4-3-10-18-13-14/h7-8,12,14,18H,1-6,9-11,13H2. The molecule has 1 heterocycles. The van der Waals surface area contributed by atoms with E-state index in [4.69, 9.17) is 4.74 Å². The summed E-state index contributed by atoms with van der Waals surface area (Å²) < 4.78 is 5.95. The Morgan fingerprint density at radius 1 is 1.11 bits per heavy atom. The molecule has 1 aliphatic heterocycles. The van der Waals surface area contributed by atoms with E-state index in [-0.39, 0.29) is 0 Å². The van der Waals surface area contributed by atoms with Crippen molar-refractivity contribution >= 4 is 0 Å². The first-order valence-electron chi connectivity index (χ1n) is 7.87. The predicted molar refractivity (Wildman–Crippen MR) is 78.8 cm³/mol. The largest absolute Gasteiger partial charge is 0.494 e. The van der Waals surface area contributed by atoms with E-state index in [9.17, 15) is 0 Å². The third-order valence-electron chi connectivity index (χ3n) is 4.51. The van der Waals surface area contributed by atoms with E-state index in [2.05, 4.69) is 23.5 Å². The van der Waals surface area contributed by atoms with Crippen molar-refractivity contribution in [2.75, 3.05) is 19.7 Å². The Morgan fingerprint density at radius 3 is 2.84 bits per heavy atom. The van der Waals surface area contributed by atoms with Crippen molar-refractivity contribution in [2.45, 2.75) is 44.9 Å². The van der Waals surface area contributed by atoms with Crippen molar-refractivity contribution in [3.8, 4) is 5.75 Å². The summed E-state index contributed by atoms with van der Waals surface area (Å²) in [6.45, 7) is 3.24. The molecule has 1 unspecified atom stereocenters. The Morgan fingerprint density at radius 2 is 2.00 bits per heavy atom. The normalized spacial score (nSPS) is 22.8. The lowest BCUT2D eigenvalue weighted by Gasteiger charge is -2.23. The highest BCUT2D eigenvalue weighted by atomic mass is 16.5. The minimum absolute atomic E-state index is 0.811. The SMILES string of the molecule is c1cc2c(cc1OCCC1CCCNC1)CCCC2. The zero-order chi connectivity index (χ0) is 12.9. The summed E-state index contributed by atoms with van der Waals surface area (Å²) in [7, 11) is 0. The van der Waals surface area contributed by atoms with Crippen LogP contribution in [0.5, 0.6) is 5.75 Å². The van der Waals surface area contributed by atoms with E-state index < -0.39 is 0 Å². The Kier molecular flexibility index (Phi) is 4.39. The number of benzene rings is 1. The average molecular weight is 259 g/mol. The second kappa shape index (κ2) is 6.42. The predicted octanol–water partition coefficient (Wildman–Crippen LogP) is 3.33. The number of ether oxygens (including phenoxy) is 1. The van der Waals surface area contributed by atoms with Crippen molar-refractivity contribution in [3.63, 3.8) is 0 Å². The first-order valence-corrected chi connectivity index (χ1v) is 7.87. The van der Waals surface area contributed by atoms with E-state index in [0.29, 0.717) is 0 Å². The molecule has 1 aliphatic carbocycles. The van der Waals surface area contributed by atoms with Crippen molar-refractivity contribution in [2.24, 2.45) is 5.92 Å². The van der Waals surface area contributed by atoms with E-state index >= 15 is 0 Å². The van der Waals surface area contributed by atoms with Crippen molar-refractivity contribution in [1.82, 2.24) is 5.32 Å². The summed E-state index contributed by atoms with van der Waals surface area (Å²) in [5, 5.41) is 3.47. The van der Waals surface area contributed by atoms with Crippen molar-refractivity contribution < 1.29 is 4.74 Å². The van der Waals surface area contributed by atoms with Crippen LogP contribution in [0.2, 0.25) is 0 Å². The van der Waals surface area contributed by atoms with Gasteiger partial charge in [-0.15, -0.1) is 0 Å². The van der Waals surface area contributed by atoms with Gasteiger partial charge in [0.05, 0.1) is 6.61 Å². The van der Waals surface area contributed by atoms with E-state index in [1.165, 1.54) is 69.2 Å². The fraction of sp³-hybridized carbons (Fsp3) is 0.647. The molecule has 104 valence electrons. The smallest absolute Gasteiger partial charge is 0.119 e. The molecule has 1 aromatic carbocycles. The molecule has 0 radical (unpaired) electrons. The molecule has 3 rings (SSSR count). The maximum Gasteiger partial charge on any atom is 0.119 e. The summed E-state index contributed by atoms with van der Waals surface area (Å²) in [5.74, 6) is 1.88. The Bertz CT molecular complexity index is 410. The summed E-state index contributed by atoms with van der Waals surface area (Å²) in [4.78, 5) is 0. The quantitative estimate of drug-likeness (QED) is 0.895. The van der Waals surface area contributed by atoms with Crippen LogP contribution in [0.15, 0.2) is 18.2 Å². The van der Waals surface area contributed by atoms with Gasteiger partial charge in [0.25, 0.3) is 0 Å². The van der Waals surface area contributed by atoms with Crippen LogP contribution in [0.3, 0.4) is 0 Å². The Hall–Kier alpha value is -1.02. The lowest BCUT2D eigenvalue weighted by molar-refractivity contribution is 0.254. The maximum atomic E-state index is 5.95. The molecule has 0 saturated carbocycles. The fourth-order valence-corrected chi connectivity index (χ4v) is 3.31. The molecule has 0 bridgehead atoms. The molecule has 2 nitrogen and oxygen atoms in total. The van der Waals surface area contributed by atoms with E-state index in [1.807, 2.05) is 0 Å². The van der Waals surface area contributed by atoms with Crippen LogP contribution >= 0.6 is 0 Å². The highest BCUT2D eigenvalue weighted by Gasteiger charge is 2.13. The van der Waals surface area contributed by atoms with Gasteiger partial charge < -0.3 is 10.1 Å². The van der Waals surface area contributed by atoms with Gasteiger partial charge in [0.2, 0.25) is 0 Å². The van der Waals surface area contributed by atoms with Crippen molar-refractivity contribution in [3.05, 3.63) is 29.3 Å². The van der Waals surface area contributed by atoms with Gasteiger partial charge in [0, 0.05) is 0 Å². The van der Waals surface area contributed by atoms with Crippen molar-refractivity contribution in [1.29, 1.82) is 0 Å². The van der Waals surface area contributed by atoms with Gasteiger partial charge in [0.15, 0.2) is 0 Å². The maximum absolute atomic E-state index is 5.95. The molecule has 1 saturated heterocycles. The molecule has 19 heavy (non-hydrogen) atoms. The molecule has 1 N–H and O–H groups in total. The highest BCUT2D eigenvalue weighted by Crippen LogP contribution is 2.25. The number of hydrogen-bond donors (Lipinski definition) is 1. The molecule has 1 aromatic rings. The third kappa shape index (κ3) is 3.50. The van der Waals surface area contributed by atoms with Crippen LogP contribution in [0.1, 0.15) is 43.2 Å². The summed E-state index contributed by atoms with van der Waals surface area (Å²) in [6.07, 6.45) is 9.04.